The van der Waals surface area contributed by atoms with Crippen LogP contribution in [-0.2, 0) is 10.3 Å². The fraction of sp³-hybridized carbons (Fsp3) is 0.444. The Bertz CT molecular complexity index is 756. The van der Waals surface area contributed by atoms with Gasteiger partial charge in [-0.05, 0) is 25.3 Å². The van der Waals surface area contributed by atoms with Crippen molar-refractivity contribution in [2.24, 2.45) is 0 Å². The second kappa shape index (κ2) is 6.09. The van der Waals surface area contributed by atoms with Crippen molar-refractivity contribution in [2.45, 2.75) is 44.2 Å². The van der Waals surface area contributed by atoms with Crippen molar-refractivity contribution in [3.05, 3.63) is 42.2 Å². The number of carbonyl (C=O) groups excluding carboxylic acids is 1. The van der Waals surface area contributed by atoms with E-state index in [2.05, 4.69) is 15.6 Å². The number of nitrogens with zero attached hydrogens (tertiary/aromatic N) is 1. The summed E-state index contributed by atoms with van der Waals surface area (Å²) >= 11 is 0. The van der Waals surface area contributed by atoms with E-state index in [0.29, 0.717) is 0 Å². The Kier molecular flexibility index (Phi) is 4.25. The maximum Gasteiger partial charge on any atom is 0.264 e. The van der Waals surface area contributed by atoms with Crippen LogP contribution in [0.2, 0.25) is 0 Å². The number of hydrogen-bond donors (Lipinski definition) is 2. The van der Waals surface area contributed by atoms with Crippen LogP contribution in [0.15, 0.2) is 36.5 Å². The summed E-state index contributed by atoms with van der Waals surface area (Å²) in [5, 5.41) is 7.52. The summed E-state index contributed by atoms with van der Waals surface area (Å²) < 4.78 is 27.4. The van der Waals surface area contributed by atoms with E-state index >= 15 is 0 Å². The number of nitrogens with one attached hydrogen (secondary N) is 2. The molecule has 0 aliphatic carbocycles. The molecule has 0 spiro atoms. The van der Waals surface area contributed by atoms with Gasteiger partial charge in [0.15, 0.2) is 0 Å². The molecule has 128 valence electrons. The minimum atomic E-state index is -2.83. The van der Waals surface area contributed by atoms with Crippen molar-refractivity contribution in [3.63, 3.8) is 0 Å². The fourth-order valence-electron chi connectivity index (χ4n) is 3.22. The summed E-state index contributed by atoms with van der Waals surface area (Å²) in [7, 11) is 0. The van der Waals surface area contributed by atoms with Crippen LogP contribution in [0.5, 0.6) is 0 Å². The first kappa shape index (κ1) is 16.8. The third-order valence-corrected chi connectivity index (χ3v) is 4.47. The van der Waals surface area contributed by atoms with Gasteiger partial charge in [0.05, 0.1) is 17.3 Å². The van der Waals surface area contributed by atoms with Crippen molar-refractivity contribution in [1.82, 2.24) is 15.6 Å². The lowest BCUT2D eigenvalue weighted by Gasteiger charge is -2.28. The number of carbonyl (C=O) groups is 1. The SMILES string of the molecule is CC(C)(NC(=O)CC1NCCC1(F)F)c1nccc2ccccc12. The molecule has 1 aromatic carbocycles. The summed E-state index contributed by atoms with van der Waals surface area (Å²) in [6.07, 6.45) is 1.22. The molecule has 1 fully saturated rings. The van der Waals surface area contributed by atoms with E-state index in [0.717, 1.165) is 16.5 Å². The fourth-order valence-corrected chi connectivity index (χ4v) is 3.22. The normalized spacial score (nSPS) is 20.2. The zero-order valence-corrected chi connectivity index (χ0v) is 13.8. The van der Waals surface area contributed by atoms with Gasteiger partial charge < -0.3 is 10.6 Å². The van der Waals surface area contributed by atoms with E-state index in [9.17, 15) is 13.6 Å². The Morgan fingerprint density at radius 3 is 2.83 bits per heavy atom. The first-order valence-corrected chi connectivity index (χ1v) is 8.06. The summed E-state index contributed by atoms with van der Waals surface area (Å²) in [6, 6.07) is 8.56. The second-order valence-corrected chi connectivity index (χ2v) is 6.78. The molecule has 0 bridgehead atoms. The Labute approximate surface area is 139 Å². The van der Waals surface area contributed by atoms with Gasteiger partial charge in [-0.15, -0.1) is 0 Å². The monoisotopic (exact) mass is 333 g/mol. The van der Waals surface area contributed by atoms with Crippen LogP contribution in [-0.4, -0.2) is 29.4 Å². The van der Waals surface area contributed by atoms with Gasteiger partial charge in [0.25, 0.3) is 5.92 Å². The summed E-state index contributed by atoms with van der Waals surface area (Å²) in [4.78, 5) is 16.7. The molecule has 4 nitrogen and oxygen atoms in total. The maximum atomic E-state index is 13.7. The van der Waals surface area contributed by atoms with Crippen LogP contribution in [0.3, 0.4) is 0 Å². The number of benzene rings is 1. The first-order valence-electron chi connectivity index (χ1n) is 8.06. The highest BCUT2D eigenvalue weighted by Gasteiger charge is 2.45. The van der Waals surface area contributed by atoms with Gasteiger partial charge in [0.2, 0.25) is 5.91 Å². The van der Waals surface area contributed by atoms with Crippen LogP contribution in [0, 0.1) is 0 Å². The molecule has 1 aliphatic rings. The van der Waals surface area contributed by atoms with E-state index in [-0.39, 0.29) is 19.4 Å². The Hall–Kier alpha value is -2.08. The van der Waals surface area contributed by atoms with Crippen molar-refractivity contribution >= 4 is 16.7 Å². The maximum absolute atomic E-state index is 13.7. The average molecular weight is 333 g/mol. The lowest BCUT2D eigenvalue weighted by molar-refractivity contribution is -0.125. The van der Waals surface area contributed by atoms with E-state index in [1.54, 1.807) is 6.20 Å². The highest BCUT2D eigenvalue weighted by molar-refractivity contribution is 5.86. The summed E-state index contributed by atoms with van der Waals surface area (Å²) in [5.41, 5.74) is -0.0358. The molecule has 0 saturated carbocycles. The molecule has 1 aromatic heterocycles. The molecular weight excluding hydrogens is 312 g/mol. The highest BCUT2D eigenvalue weighted by Crippen LogP contribution is 2.30. The number of aromatic nitrogens is 1. The molecule has 24 heavy (non-hydrogen) atoms. The zero-order valence-electron chi connectivity index (χ0n) is 13.8. The van der Waals surface area contributed by atoms with Gasteiger partial charge in [0, 0.05) is 31.0 Å². The summed E-state index contributed by atoms with van der Waals surface area (Å²) in [5.74, 6) is -3.24. The van der Waals surface area contributed by atoms with Crippen LogP contribution < -0.4 is 10.6 Å². The third-order valence-electron chi connectivity index (χ3n) is 4.47. The Morgan fingerprint density at radius 2 is 2.12 bits per heavy atom. The smallest absolute Gasteiger partial charge is 0.264 e. The van der Waals surface area contributed by atoms with Gasteiger partial charge in [0.1, 0.15) is 0 Å². The van der Waals surface area contributed by atoms with Crippen LogP contribution >= 0.6 is 0 Å². The number of hydrogen-bond acceptors (Lipinski definition) is 3. The molecule has 2 heterocycles. The number of rotatable bonds is 4. The van der Waals surface area contributed by atoms with Crippen molar-refractivity contribution in [3.8, 4) is 0 Å². The quantitative estimate of drug-likeness (QED) is 0.904. The van der Waals surface area contributed by atoms with Gasteiger partial charge >= 0.3 is 0 Å². The molecule has 6 heteroatoms. The molecule has 2 N–H and O–H groups in total. The van der Waals surface area contributed by atoms with Gasteiger partial charge in [-0.1, -0.05) is 24.3 Å². The lowest BCUT2D eigenvalue weighted by atomic mass is 9.94. The van der Waals surface area contributed by atoms with Crippen molar-refractivity contribution < 1.29 is 13.6 Å². The van der Waals surface area contributed by atoms with E-state index in [1.807, 2.05) is 44.2 Å². The molecular formula is C18H21F2N3O. The van der Waals surface area contributed by atoms with Crippen LogP contribution in [0.25, 0.3) is 10.8 Å². The topological polar surface area (TPSA) is 54.0 Å². The molecule has 1 aliphatic heterocycles. The largest absolute Gasteiger partial charge is 0.346 e. The first-order chi connectivity index (χ1) is 11.3. The zero-order chi connectivity index (χ0) is 17.4. The van der Waals surface area contributed by atoms with E-state index in [1.165, 1.54) is 0 Å². The van der Waals surface area contributed by atoms with E-state index < -0.39 is 23.4 Å². The number of halogens is 2. The standard InChI is InChI=1S/C18H21F2N3O/c1-17(2,16-13-6-4-3-5-12(13)7-9-22-16)23-15(24)11-14-18(19,20)8-10-21-14/h3-7,9,14,21H,8,10-11H2,1-2H3,(H,23,24). The number of fused-ring (bicyclic) bond motifs is 1. The van der Waals surface area contributed by atoms with Gasteiger partial charge in [-0.3, -0.25) is 9.78 Å². The highest BCUT2D eigenvalue weighted by atomic mass is 19.3. The second-order valence-electron chi connectivity index (χ2n) is 6.78. The van der Waals surface area contributed by atoms with Crippen LogP contribution in [0.4, 0.5) is 8.78 Å². The number of pyridine rings is 1. The van der Waals surface area contributed by atoms with Crippen LogP contribution in [0.1, 0.15) is 32.4 Å². The number of amides is 1. The van der Waals surface area contributed by atoms with Gasteiger partial charge in [-0.2, -0.15) is 0 Å². The number of alkyl halides is 2. The molecule has 1 unspecified atom stereocenters. The average Bonchev–Trinajstić information content (AvgIpc) is 2.84. The predicted molar refractivity (Wildman–Crippen MR) is 88.9 cm³/mol. The third kappa shape index (κ3) is 3.24. The van der Waals surface area contributed by atoms with E-state index in [4.69, 9.17) is 0 Å². The van der Waals surface area contributed by atoms with Crippen molar-refractivity contribution in [1.29, 1.82) is 0 Å². The lowest BCUT2D eigenvalue weighted by Crippen LogP contribution is -2.46. The molecule has 1 atom stereocenters. The summed E-state index contributed by atoms with van der Waals surface area (Å²) in [6.45, 7) is 3.90. The molecule has 2 aromatic rings. The minimum Gasteiger partial charge on any atom is -0.346 e. The van der Waals surface area contributed by atoms with Gasteiger partial charge in [-0.25, -0.2) is 8.78 Å². The molecule has 3 rings (SSSR count). The minimum absolute atomic E-state index is 0.223. The molecule has 0 radical (unpaired) electrons. The molecule has 1 amide bonds. The Morgan fingerprint density at radius 1 is 1.38 bits per heavy atom. The van der Waals surface area contributed by atoms with Crippen molar-refractivity contribution in [2.75, 3.05) is 6.54 Å². The predicted octanol–water partition coefficient (Wildman–Crippen LogP) is 2.97. The Balaban J connectivity index is 1.79. The molecule has 1 saturated heterocycles.